The Morgan fingerprint density at radius 1 is 1.00 bits per heavy atom. The number of phenolic OH excluding ortho intramolecular Hbond substituents is 1. The van der Waals surface area contributed by atoms with Gasteiger partial charge in [-0.3, -0.25) is 28.9 Å². The molecule has 0 radical (unpaired) electrons. The number of aryl methyl sites for hydroxylation is 2. The molecule has 0 heterocycles. The molecule has 216 valence electrons. The van der Waals surface area contributed by atoms with E-state index in [4.69, 9.17) is 5.73 Å². The Balaban J connectivity index is 1.69. The summed E-state index contributed by atoms with van der Waals surface area (Å²) >= 11 is 0. The molecule has 0 bridgehead atoms. The number of hydrogen-bond donors (Lipinski definition) is 3. The Morgan fingerprint density at radius 3 is 2.22 bits per heavy atom. The second kappa shape index (κ2) is 9.60. The smallest absolute Gasteiger partial charge is 0.235 e. The van der Waals surface area contributed by atoms with Crippen LogP contribution in [0.25, 0.3) is 11.1 Å². The zero-order valence-corrected chi connectivity index (χ0v) is 24.0. The van der Waals surface area contributed by atoms with Crippen LogP contribution in [0.15, 0.2) is 24.3 Å². The molecule has 10 heteroatoms. The van der Waals surface area contributed by atoms with E-state index in [0.717, 1.165) is 11.1 Å². The standard InChI is InChI=1S/C31H35N3O7/c1-13-7-8-15(9-14(13)2)17-12-20(33(3)4)18-10-16-11-19-24(34(5)6)27(37)23(30(32)40)29(39)31(19,41)28(38)21(16)26(36)22(18)25(17)35/h7-9,12,16,19,21,23-24,35,41H,10-11H2,1-6H3,(H2,32,40). The van der Waals surface area contributed by atoms with Crippen LogP contribution in [0.1, 0.15) is 33.5 Å². The fourth-order valence-corrected chi connectivity index (χ4v) is 7.18. The number of nitrogens with zero attached hydrogens (tertiary/aromatic N) is 2. The van der Waals surface area contributed by atoms with E-state index >= 15 is 0 Å². The van der Waals surface area contributed by atoms with Crippen molar-refractivity contribution in [3.05, 3.63) is 46.5 Å². The number of likely N-dealkylation sites (N-methyl/N-ethyl adjacent to an activating group) is 1. The minimum atomic E-state index is -2.75. The average Bonchev–Trinajstić information content (AvgIpc) is 2.87. The Morgan fingerprint density at radius 2 is 1.66 bits per heavy atom. The zero-order chi connectivity index (χ0) is 30.3. The molecule has 2 saturated carbocycles. The molecule has 6 unspecified atom stereocenters. The lowest BCUT2D eigenvalue weighted by Crippen LogP contribution is -2.74. The summed E-state index contributed by atoms with van der Waals surface area (Å²) in [5.41, 5.74) is 7.06. The van der Waals surface area contributed by atoms with E-state index in [1.807, 2.05) is 57.1 Å². The number of nitrogens with two attached hydrogens (primary N) is 1. The molecule has 2 aromatic carbocycles. The lowest BCUT2D eigenvalue weighted by molar-refractivity contribution is -0.181. The topological polar surface area (TPSA) is 158 Å². The minimum absolute atomic E-state index is 0.0104. The van der Waals surface area contributed by atoms with Crippen molar-refractivity contribution in [1.29, 1.82) is 0 Å². The number of hydrogen-bond acceptors (Lipinski definition) is 9. The molecule has 0 spiro atoms. The van der Waals surface area contributed by atoms with Crippen LogP contribution in [0.5, 0.6) is 5.75 Å². The summed E-state index contributed by atoms with van der Waals surface area (Å²) in [5, 5.41) is 23.3. The van der Waals surface area contributed by atoms with Gasteiger partial charge < -0.3 is 20.8 Å². The predicted molar refractivity (Wildman–Crippen MR) is 151 cm³/mol. The molecule has 5 rings (SSSR count). The number of rotatable bonds is 4. The lowest BCUT2D eigenvalue weighted by Gasteiger charge is -2.52. The number of aliphatic hydroxyl groups is 1. The van der Waals surface area contributed by atoms with Crippen LogP contribution in [0.3, 0.4) is 0 Å². The van der Waals surface area contributed by atoms with Gasteiger partial charge in [0.1, 0.15) is 5.75 Å². The van der Waals surface area contributed by atoms with Crippen LogP contribution in [0.2, 0.25) is 0 Å². The molecule has 0 aliphatic heterocycles. The first-order valence-electron chi connectivity index (χ1n) is 13.6. The van der Waals surface area contributed by atoms with Crippen LogP contribution in [0.4, 0.5) is 5.69 Å². The maximum Gasteiger partial charge on any atom is 0.235 e. The van der Waals surface area contributed by atoms with Gasteiger partial charge in [-0.1, -0.05) is 18.2 Å². The normalized spacial score (nSPS) is 29.2. The van der Waals surface area contributed by atoms with Gasteiger partial charge in [-0.2, -0.15) is 0 Å². The monoisotopic (exact) mass is 561 g/mol. The SMILES string of the molecule is Cc1ccc(-c2cc(N(C)C)c3c(c2O)C(=O)C2C(=O)C4(O)C(=O)C(C(N)=O)C(=O)C(N(C)C)C4CC2C3)cc1C. The van der Waals surface area contributed by atoms with Gasteiger partial charge in [0.2, 0.25) is 5.91 Å². The van der Waals surface area contributed by atoms with Crippen molar-refractivity contribution in [2.45, 2.75) is 38.3 Å². The number of phenols is 1. The molecule has 3 aliphatic carbocycles. The summed E-state index contributed by atoms with van der Waals surface area (Å²) in [6.07, 6.45) is 0.219. The van der Waals surface area contributed by atoms with Crippen molar-refractivity contribution >= 4 is 34.7 Å². The van der Waals surface area contributed by atoms with Gasteiger partial charge in [-0.25, -0.2) is 0 Å². The van der Waals surface area contributed by atoms with Crippen molar-refractivity contribution < 1.29 is 34.2 Å². The fraction of sp³-hybridized carbons (Fsp3) is 0.452. The molecular weight excluding hydrogens is 526 g/mol. The summed E-state index contributed by atoms with van der Waals surface area (Å²) in [4.78, 5) is 70.5. The maximum absolute atomic E-state index is 14.2. The summed E-state index contributed by atoms with van der Waals surface area (Å²) in [5.74, 6) is -10.5. The summed E-state index contributed by atoms with van der Waals surface area (Å²) < 4.78 is 0. The van der Waals surface area contributed by atoms with Gasteiger partial charge in [-0.15, -0.1) is 0 Å². The Hall–Kier alpha value is -3.89. The third kappa shape index (κ3) is 3.95. The lowest BCUT2D eigenvalue weighted by atomic mass is 9.52. The van der Waals surface area contributed by atoms with E-state index in [1.54, 1.807) is 14.1 Å². The molecule has 2 fully saturated rings. The number of benzene rings is 2. The van der Waals surface area contributed by atoms with E-state index in [0.29, 0.717) is 22.4 Å². The van der Waals surface area contributed by atoms with E-state index in [1.165, 1.54) is 4.90 Å². The van der Waals surface area contributed by atoms with Crippen LogP contribution in [0, 0.1) is 37.5 Å². The Bertz CT molecular complexity index is 1540. The molecule has 0 aromatic heterocycles. The Labute approximate surface area is 238 Å². The first-order valence-corrected chi connectivity index (χ1v) is 13.6. The van der Waals surface area contributed by atoms with E-state index in [9.17, 15) is 34.2 Å². The molecule has 4 N–H and O–H groups in total. The third-order valence-electron chi connectivity index (χ3n) is 9.34. The molecule has 2 aromatic rings. The number of carbonyl (C=O) groups excluding carboxylic acids is 5. The largest absolute Gasteiger partial charge is 0.507 e. The molecule has 10 nitrogen and oxygen atoms in total. The van der Waals surface area contributed by atoms with Gasteiger partial charge >= 0.3 is 0 Å². The van der Waals surface area contributed by atoms with Crippen LogP contribution >= 0.6 is 0 Å². The van der Waals surface area contributed by atoms with Gasteiger partial charge in [-0.05, 0) is 75.0 Å². The zero-order valence-electron chi connectivity index (χ0n) is 24.0. The highest BCUT2D eigenvalue weighted by Crippen LogP contribution is 2.53. The fourth-order valence-electron chi connectivity index (χ4n) is 7.18. The summed E-state index contributed by atoms with van der Waals surface area (Å²) in [6, 6.07) is 6.37. The number of primary amides is 1. The quantitative estimate of drug-likeness (QED) is 0.467. The van der Waals surface area contributed by atoms with Gasteiger partial charge in [0.05, 0.1) is 17.5 Å². The highest BCUT2D eigenvalue weighted by molar-refractivity contribution is 6.32. The summed E-state index contributed by atoms with van der Waals surface area (Å²) in [7, 11) is 6.77. The first kappa shape index (κ1) is 28.6. The number of Topliss-reactive ketones (excluding diaryl/α,β-unsaturated/α-hetero) is 4. The maximum atomic E-state index is 14.2. The second-order valence-corrected chi connectivity index (χ2v) is 12.1. The van der Waals surface area contributed by atoms with E-state index < -0.39 is 64.4 Å². The van der Waals surface area contributed by atoms with Crippen molar-refractivity contribution in [2.24, 2.45) is 29.4 Å². The number of aromatic hydroxyl groups is 1. The average molecular weight is 562 g/mol. The molecular formula is C31H35N3O7. The summed E-state index contributed by atoms with van der Waals surface area (Å²) in [6.45, 7) is 3.91. The molecule has 41 heavy (non-hydrogen) atoms. The molecule has 6 atom stereocenters. The molecule has 0 saturated heterocycles. The van der Waals surface area contributed by atoms with Gasteiger partial charge in [0.25, 0.3) is 0 Å². The minimum Gasteiger partial charge on any atom is -0.507 e. The van der Waals surface area contributed by atoms with E-state index in [-0.39, 0.29) is 24.2 Å². The van der Waals surface area contributed by atoms with Crippen LogP contribution in [-0.4, -0.2) is 84.0 Å². The van der Waals surface area contributed by atoms with E-state index in [2.05, 4.69) is 0 Å². The predicted octanol–water partition coefficient (Wildman–Crippen LogP) is 1.22. The van der Waals surface area contributed by atoms with Crippen molar-refractivity contribution in [3.8, 4) is 16.9 Å². The second-order valence-electron chi connectivity index (χ2n) is 12.1. The number of ketones is 4. The van der Waals surface area contributed by atoms with Crippen molar-refractivity contribution in [1.82, 2.24) is 4.90 Å². The molecule has 1 amide bonds. The van der Waals surface area contributed by atoms with Gasteiger partial charge in [0.15, 0.2) is 34.7 Å². The van der Waals surface area contributed by atoms with Crippen molar-refractivity contribution in [3.63, 3.8) is 0 Å². The van der Waals surface area contributed by atoms with Crippen LogP contribution < -0.4 is 10.6 Å². The first-order chi connectivity index (χ1) is 19.1. The highest BCUT2D eigenvalue weighted by atomic mass is 16.3. The van der Waals surface area contributed by atoms with Crippen molar-refractivity contribution in [2.75, 3.05) is 33.1 Å². The van der Waals surface area contributed by atoms with Gasteiger partial charge in [0, 0.05) is 31.3 Å². The highest BCUT2D eigenvalue weighted by Gasteiger charge is 2.69. The number of carbonyl (C=O) groups is 5. The van der Waals surface area contributed by atoms with Crippen LogP contribution in [-0.2, 0) is 25.6 Å². The molecule has 3 aliphatic rings. The number of fused-ring (bicyclic) bond motifs is 3. The Kier molecular flexibility index (Phi) is 6.70. The number of anilines is 1. The number of amides is 1. The third-order valence-corrected chi connectivity index (χ3v) is 9.34.